The van der Waals surface area contributed by atoms with Gasteiger partial charge < -0.3 is 15.0 Å². The van der Waals surface area contributed by atoms with E-state index >= 15 is 0 Å². The van der Waals surface area contributed by atoms with Crippen LogP contribution in [0.1, 0.15) is 30.9 Å². The van der Waals surface area contributed by atoms with Gasteiger partial charge in [-0.3, -0.25) is 14.3 Å². The highest BCUT2D eigenvalue weighted by Gasteiger charge is 2.27. The molecule has 1 fully saturated rings. The minimum Gasteiger partial charge on any atom is -0.489 e. The topological polar surface area (TPSA) is 76.5 Å². The molecule has 0 radical (unpaired) electrons. The Morgan fingerprint density at radius 2 is 1.58 bits per heavy atom. The minimum atomic E-state index is -0.116. The van der Waals surface area contributed by atoms with E-state index in [1.807, 2.05) is 59.3 Å². The second kappa shape index (κ2) is 10.6. The number of carbonyl (C=O) groups is 2. The van der Waals surface area contributed by atoms with E-state index in [9.17, 15) is 9.59 Å². The summed E-state index contributed by atoms with van der Waals surface area (Å²) in [6.45, 7) is 3.92. The average molecular weight is 483 g/mol. The van der Waals surface area contributed by atoms with Gasteiger partial charge in [-0.05, 0) is 48.2 Å². The molecule has 2 amide bonds. The summed E-state index contributed by atoms with van der Waals surface area (Å²) >= 11 is 0. The Labute approximate surface area is 210 Å². The van der Waals surface area contributed by atoms with E-state index in [0.717, 1.165) is 27.8 Å². The molecule has 5 rings (SSSR count). The summed E-state index contributed by atoms with van der Waals surface area (Å²) < 4.78 is 7.77. The van der Waals surface area contributed by atoms with Crippen LogP contribution in [0.2, 0.25) is 0 Å². The Balaban J connectivity index is 1.26. The first kappa shape index (κ1) is 23.6. The average Bonchev–Trinajstić information content (AvgIpc) is 3.25. The first-order chi connectivity index (χ1) is 17.6. The molecule has 0 saturated carbocycles. The number of carbonyl (C=O) groups excluding carboxylic acids is 2. The maximum atomic E-state index is 13.0. The number of hydrogen-bond donors (Lipinski definition) is 1. The lowest BCUT2D eigenvalue weighted by Crippen LogP contribution is -2.40. The second-order valence-corrected chi connectivity index (χ2v) is 9.21. The van der Waals surface area contributed by atoms with Crippen molar-refractivity contribution in [2.45, 2.75) is 32.9 Å². The third-order valence-electron chi connectivity index (χ3n) is 6.71. The first-order valence-electron chi connectivity index (χ1n) is 12.3. The second-order valence-electron chi connectivity index (χ2n) is 9.21. The van der Waals surface area contributed by atoms with Crippen LogP contribution in [0.25, 0.3) is 10.9 Å². The molecule has 0 atom stereocenters. The van der Waals surface area contributed by atoms with Crippen LogP contribution in [0.15, 0.2) is 78.9 Å². The Morgan fingerprint density at radius 3 is 2.31 bits per heavy atom. The zero-order chi connectivity index (χ0) is 24.9. The minimum absolute atomic E-state index is 0.0311. The van der Waals surface area contributed by atoms with Crippen molar-refractivity contribution < 1.29 is 14.3 Å². The molecule has 7 nitrogen and oxygen atoms in total. The van der Waals surface area contributed by atoms with Gasteiger partial charge in [0.15, 0.2) is 5.82 Å². The van der Waals surface area contributed by atoms with Crippen molar-refractivity contribution in [1.29, 1.82) is 0 Å². The molecule has 1 aromatic heterocycles. The van der Waals surface area contributed by atoms with Gasteiger partial charge in [-0.1, -0.05) is 54.6 Å². The maximum absolute atomic E-state index is 13.0. The Hall–Kier alpha value is -4.13. The van der Waals surface area contributed by atoms with E-state index in [2.05, 4.69) is 29.6 Å². The molecule has 184 valence electrons. The number of rotatable bonds is 7. The third-order valence-corrected chi connectivity index (χ3v) is 6.71. The molecular formula is C29H30N4O3. The van der Waals surface area contributed by atoms with E-state index in [4.69, 9.17) is 9.84 Å². The smallest absolute Gasteiger partial charge is 0.228 e. The summed E-state index contributed by atoms with van der Waals surface area (Å²) in [5.41, 5.74) is 3.17. The number of para-hydroxylation sites is 2. The number of benzene rings is 3. The predicted octanol–water partition coefficient (Wildman–Crippen LogP) is 4.86. The fraction of sp³-hybridized carbons (Fsp3) is 0.276. The molecule has 1 saturated heterocycles. The van der Waals surface area contributed by atoms with E-state index in [0.29, 0.717) is 44.9 Å². The zero-order valence-electron chi connectivity index (χ0n) is 20.4. The fourth-order valence-corrected chi connectivity index (χ4v) is 4.61. The van der Waals surface area contributed by atoms with Crippen molar-refractivity contribution in [2.24, 2.45) is 5.92 Å². The largest absolute Gasteiger partial charge is 0.489 e. The third kappa shape index (κ3) is 5.40. The van der Waals surface area contributed by atoms with Crippen LogP contribution in [-0.2, 0) is 22.7 Å². The van der Waals surface area contributed by atoms with Gasteiger partial charge in [-0.15, -0.1) is 0 Å². The molecule has 4 aromatic rings. The lowest BCUT2D eigenvalue weighted by molar-refractivity contribution is -0.132. The van der Waals surface area contributed by atoms with Crippen LogP contribution < -0.4 is 10.1 Å². The molecular weight excluding hydrogens is 452 g/mol. The monoisotopic (exact) mass is 482 g/mol. The summed E-state index contributed by atoms with van der Waals surface area (Å²) in [4.78, 5) is 26.4. The molecule has 36 heavy (non-hydrogen) atoms. The summed E-state index contributed by atoms with van der Waals surface area (Å²) in [6, 6.07) is 26.0. The number of nitrogens with one attached hydrogen (secondary N) is 1. The number of anilines is 1. The van der Waals surface area contributed by atoms with E-state index < -0.39 is 0 Å². The number of fused-ring (bicyclic) bond motifs is 1. The Kier molecular flexibility index (Phi) is 6.98. The highest BCUT2D eigenvalue weighted by Crippen LogP contribution is 2.26. The molecule has 1 aliphatic heterocycles. The van der Waals surface area contributed by atoms with E-state index in [-0.39, 0.29) is 17.7 Å². The van der Waals surface area contributed by atoms with Gasteiger partial charge in [0, 0.05) is 31.3 Å². The fourth-order valence-electron chi connectivity index (χ4n) is 4.61. The molecule has 7 heteroatoms. The number of amides is 2. The summed E-state index contributed by atoms with van der Waals surface area (Å²) in [5.74, 6) is 1.35. The molecule has 0 spiro atoms. The number of piperidine rings is 1. The van der Waals surface area contributed by atoms with Crippen LogP contribution in [-0.4, -0.2) is 39.6 Å². The SMILES string of the molecule is CC(=O)N1CCC(C(=O)Nc2nn(Cc3ccc(COc4ccccc4)cc3)c3ccccc23)CC1. The van der Waals surface area contributed by atoms with E-state index in [1.54, 1.807) is 11.8 Å². The molecule has 0 aliphatic carbocycles. The van der Waals surface area contributed by atoms with Gasteiger partial charge in [0.25, 0.3) is 0 Å². The zero-order valence-corrected chi connectivity index (χ0v) is 20.4. The van der Waals surface area contributed by atoms with Crippen molar-refractivity contribution in [3.05, 3.63) is 90.0 Å². The van der Waals surface area contributed by atoms with Gasteiger partial charge in [-0.2, -0.15) is 5.10 Å². The Morgan fingerprint density at radius 1 is 0.917 bits per heavy atom. The Bertz CT molecular complexity index is 1340. The quantitative estimate of drug-likeness (QED) is 0.408. The highest BCUT2D eigenvalue weighted by atomic mass is 16.5. The molecule has 3 aromatic carbocycles. The molecule has 0 bridgehead atoms. The lowest BCUT2D eigenvalue weighted by atomic mass is 9.96. The number of hydrogen-bond acceptors (Lipinski definition) is 4. The first-order valence-corrected chi connectivity index (χ1v) is 12.3. The van der Waals surface area contributed by atoms with Crippen LogP contribution >= 0.6 is 0 Å². The van der Waals surface area contributed by atoms with Crippen molar-refractivity contribution in [3.8, 4) is 5.75 Å². The van der Waals surface area contributed by atoms with Gasteiger partial charge in [0.1, 0.15) is 12.4 Å². The molecule has 1 aliphatic rings. The van der Waals surface area contributed by atoms with Crippen molar-refractivity contribution >= 4 is 28.5 Å². The van der Waals surface area contributed by atoms with Crippen molar-refractivity contribution in [2.75, 3.05) is 18.4 Å². The van der Waals surface area contributed by atoms with Gasteiger partial charge in [0.2, 0.25) is 11.8 Å². The van der Waals surface area contributed by atoms with Gasteiger partial charge in [-0.25, -0.2) is 0 Å². The molecule has 1 N–H and O–H groups in total. The van der Waals surface area contributed by atoms with E-state index in [1.165, 1.54) is 0 Å². The van der Waals surface area contributed by atoms with Crippen LogP contribution in [0.3, 0.4) is 0 Å². The predicted molar refractivity (Wildman–Crippen MR) is 140 cm³/mol. The number of ether oxygens (including phenoxy) is 1. The number of likely N-dealkylation sites (tertiary alicyclic amines) is 1. The van der Waals surface area contributed by atoms with Gasteiger partial charge in [0.05, 0.1) is 12.1 Å². The van der Waals surface area contributed by atoms with Crippen molar-refractivity contribution in [1.82, 2.24) is 14.7 Å². The molecule has 0 unspecified atom stereocenters. The summed E-state index contributed by atoms with van der Waals surface area (Å²) in [6.07, 6.45) is 1.34. The maximum Gasteiger partial charge on any atom is 0.228 e. The van der Waals surface area contributed by atoms with Gasteiger partial charge >= 0.3 is 0 Å². The van der Waals surface area contributed by atoms with Crippen LogP contribution in [0.5, 0.6) is 5.75 Å². The van der Waals surface area contributed by atoms with Crippen LogP contribution in [0, 0.1) is 5.92 Å². The summed E-state index contributed by atoms with van der Waals surface area (Å²) in [7, 11) is 0. The number of nitrogens with zero attached hydrogens (tertiary/aromatic N) is 3. The highest BCUT2D eigenvalue weighted by molar-refractivity contribution is 6.00. The number of aromatic nitrogens is 2. The normalized spacial score (nSPS) is 14.1. The molecule has 2 heterocycles. The van der Waals surface area contributed by atoms with Crippen LogP contribution in [0.4, 0.5) is 5.82 Å². The van der Waals surface area contributed by atoms with Crippen molar-refractivity contribution in [3.63, 3.8) is 0 Å². The summed E-state index contributed by atoms with van der Waals surface area (Å²) in [5, 5.41) is 8.73. The standard InChI is InChI=1S/C29H30N4O3/c1-21(34)32-17-15-24(16-18-32)29(35)30-28-26-9-5-6-10-27(26)33(31-28)19-22-11-13-23(14-12-22)20-36-25-7-3-2-4-8-25/h2-14,24H,15-20H2,1H3,(H,30,31,35). The lowest BCUT2D eigenvalue weighted by Gasteiger charge is -2.30.